The number of hydrogen-bond acceptors (Lipinski definition) is 5. The Morgan fingerprint density at radius 1 is 1.12 bits per heavy atom. The highest BCUT2D eigenvalue weighted by Gasteiger charge is 2.28. The van der Waals surface area contributed by atoms with E-state index in [1.54, 1.807) is 0 Å². The fourth-order valence-electron chi connectivity index (χ4n) is 1.90. The van der Waals surface area contributed by atoms with Crippen molar-refractivity contribution in [2.75, 3.05) is 13.1 Å². The van der Waals surface area contributed by atoms with Gasteiger partial charge < -0.3 is 20.7 Å². The van der Waals surface area contributed by atoms with Crippen LogP contribution in [-0.4, -0.2) is 57.6 Å². The molecule has 7 nitrogen and oxygen atoms in total. The molecule has 2 aliphatic rings. The fraction of sp³-hybridized carbons (Fsp3) is 0.800. The molecule has 0 amide bonds. The Bertz CT molecular complexity index is 278. The minimum atomic E-state index is -0.935. The summed E-state index contributed by atoms with van der Waals surface area (Å²) < 4.78 is 0. The summed E-state index contributed by atoms with van der Waals surface area (Å²) in [7, 11) is 0. The predicted molar refractivity (Wildman–Crippen MR) is 57.8 cm³/mol. The van der Waals surface area contributed by atoms with Crippen molar-refractivity contribution < 1.29 is 25.0 Å². The molecule has 7 heteroatoms. The van der Waals surface area contributed by atoms with Crippen molar-refractivity contribution in [2.24, 2.45) is 0 Å². The number of carboxylic acids is 2. The summed E-state index contributed by atoms with van der Waals surface area (Å²) in [6.45, 7) is 1.34. The summed E-state index contributed by atoms with van der Waals surface area (Å²) >= 11 is 0. The summed E-state index contributed by atoms with van der Waals surface area (Å²) in [5, 5.41) is 29.3. The molecule has 2 rings (SSSR count). The quantitative estimate of drug-likeness (QED) is 0.531. The zero-order chi connectivity index (χ0) is 12.8. The van der Waals surface area contributed by atoms with Crippen molar-refractivity contribution in [3.63, 3.8) is 0 Å². The van der Waals surface area contributed by atoms with E-state index in [1.807, 2.05) is 0 Å². The van der Waals surface area contributed by atoms with Crippen molar-refractivity contribution in [1.82, 2.24) is 10.4 Å². The maximum atomic E-state index is 10.2. The SMILES string of the molecule is O=C(O)[C@@H]1CCCN1.O=C(O)[C@@H]1CCCN1O. The lowest BCUT2D eigenvalue weighted by atomic mass is 10.2. The summed E-state index contributed by atoms with van der Waals surface area (Å²) in [5.74, 6) is -1.66. The predicted octanol–water partition coefficient (Wildman–Crippen LogP) is -0.252. The molecule has 2 aliphatic heterocycles. The van der Waals surface area contributed by atoms with Crippen molar-refractivity contribution in [3.05, 3.63) is 0 Å². The lowest BCUT2D eigenvalue weighted by Crippen LogP contribution is -2.32. The highest BCUT2D eigenvalue weighted by atomic mass is 16.5. The first-order chi connectivity index (χ1) is 8.02. The van der Waals surface area contributed by atoms with E-state index < -0.39 is 18.0 Å². The van der Waals surface area contributed by atoms with Gasteiger partial charge in [0.25, 0.3) is 0 Å². The van der Waals surface area contributed by atoms with Crippen LogP contribution in [0.1, 0.15) is 25.7 Å². The lowest BCUT2D eigenvalue weighted by Gasteiger charge is -2.11. The third kappa shape index (κ3) is 4.29. The van der Waals surface area contributed by atoms with E-state index in [0.29, 0.717) is 13.0 Å². The molecule has 4 N–H and O–H groups in total. The van der Waals surface area contributed by atoms with Crippen LogP contribution in [-0.2, 0) is 9.59 Å². The zero-order valence-corrected chi connectivity index (χ0v) is 9.50. The van der Waals surface area contributed by atoms with Gasteiger partial charge in [0, 0.05) is 6.54 Å². The molecule has 0 spiro atoms. The minimum absolute atomic E-state index is 0.269. The number of nitrogens with zero attached hydrogens (tertiary/aromatic N) is 1. The van der Waals surface area contributed by atoms with Crippen LogP contribution in [0.3, 0.4) is 0 Å². The van der Waals surface area contributed by atoms with Crippen LogP contribution in [0.2, 0.25) is 0 Å². The number of hydrogen-bond donors (Lipinski definition) is 4. The van der Waals surface area contributed by atoms with Gasteiger partial charge in [-0.05, 0) is 32.2 Å². The molecule has 0 saturated carbocycles. The third-order valence-corrected chi connectivity index (χ3v) is 2.87. The molecule has 2 fully saturated rings. The Kier molecular flexibility index (Phi) is 5.33. The normalized spacial score (nSPS) is 28.5. The van der Waals surface area contributed by atoms with Gasteiger partial charge >= 0.3 is 11.9 Å². The van der Waals surface area contributed by atoms with Gasteiger partial charge in [-0.25, -0.2) is 0 Å². The number of hydroxylamine groups is 2. The largest absolute Gasteiger partial charge is 0.480 e. The van der Waals surface area contributed by atoms with E-state index >= 15 is 0 Å². The average molecular weight is 246 g/mol. The second kappa shape index (κ2) is 6.53. The molecule has 0 unspecified atom stereocenters. The number of aliphatic carboxylic acids is 2. The van der Waals surface area contributed by atoms with Crippen molar-refractivity contribution >= 4 is 11.9 Å². The number of carboxylic acid groups (broad SMARTS) is 2. The van der Waals surface area contributed by atoms with Crippen LogP contribution < -0.4 is 5.32 Å². The smallest absolute Gasteiger partial charge is 0.323 e. The first kappa shape index (κ1) is 13.9. The Hall–Kier alpha value is -1.18. The third-order valence-electron chi connectivity index (χ3n) is 2.87. The Labute approximate surface area is 99.0 Å². The summed E-state index contributed by atoms with van der Waals surface area (Å²) in [4.78, 5) is 20.3. The van der Waals surface area contributed by atoms with E-state index in [-0.39, 0.29) is 6.04 Å². The molecule has 98 valence electrons. The van der Waals surface area contributed by atoms with Gasteiger partial charge in [0.1, 0.15) is 12.1 Å². The molecular formula is C10H18N2O5. The van der Waals surface area contributed by atoms with E-state index in [9.17, 15) is 9.59 Å². The highest BCUT2D eigenvalue weighted by molar-refractivity contribution is 5.73. The van der Waals surface area contributed by atoms with Crippen molar-refractivity contribution in [1.29, 1.82) is 0 Å². The van der Waals surface area contributed by atoms with Gasteiger partial charge in [0.2, 0.25) is 0 Å². The van der Waals surface area contributed by atoms with Gasteiger partial charge in [-0.3, -0.25) is 9.59 Å². The molecule has 17 heavy (non-hydrogen) atoms. The standard InChI is InChI=1S/C5H9NO3.C5H9NO2/c7-5(8)4-2-1-3-6(4)9;7-5(8)4-2-1-3-6-4/h4,9H,1-3H2,(H,7,8);4,6H,1-3H2,(H,7,8)/t2*4-/m00/s1. The molecule has 0 aromatic carbocycles. The van der Waals surface area contributed by atoms with Crippen LogP contribution in [0, 0.1) is 0 Å². The number of carbonyl (C=O) groups is 2. The van der Waals surface area contributed by atoms with Crippen molar-refractivity contribution in [3.8, 4) is 0 Å². The topological polar surface area (TPSA) is 110 Å². The summed E-state index contributed by atoms with van der Waals surface area (Å²) in [6, 6.07) is -0.931. The number of nitrogens with one attached hydrogen (secondary N) is 1. The van der Waals surface area contributed by atoms with Gasteiger partial charge in [-0.15, -0.1) is 0 Å². The molecule has 0 radical (unpaired) electrons. The molecule has 0 aliphatic carbocycles. The molecular weight excluding hydrogens is 228 g/mol. The molecule has 0 aromatic heterocycles. The second-order valence-electron chi connectivity index (χ2n) is 4.15. The Morgan fingerprint density at radius 3 is 2.06 bits per heavy atom. The second-order valence-corrected chi connectivity index (χ2v) is 4.15. The summed E-state index contributed by atoms with van der Waals surface area (Å²) in [6.07, 6.45) is 3.12. The van der Waals surface area contributed by atoms with Crippen molar-refractivity contribution in [2.45, 2.75) is 37.8 Å². The van der Waals surface area contributed by atoms with Crippen LogP contribution in [0.15, 0.2) is 0 Å². The van der Waals surface area contributed by atoms with Crippen LogP contribution in [0.5, 0.6) is 0 Å². The summed E-state index contributed by atoms with van der Waals surface area (Å²) in [5.41, 5.74) is 0. The Balaban J connectivity index is 0.000000171. The van der Waals surface area contributed by atoms with Gasteiger partial charge in [0.05, 0.1) is 0 Å². The van der Waals surface area contributed by atoms with Crippen LogP contribution in [0.25, 0.3) is 0 Å². The van der Waals surface area contributed by atoms with E-state index in [4.69, 9.17) is 15.4 Å². The lowest BCUT2D eigenvalue weighted by molar-refractivity contribution is -0.161. The first-order valence-electron chi connectivity index (χ1n) is 5.67. The van der Waals surface area contributed by atoms with Crippen LogP contribution >= 0.6 is 0 Å². The molecule has 0 aromatic rings. The molecule has 0 bridgehead atoms. The molecule has 2 saturated heterocycles. The fourth-order valence-corrected chi connectivity index (χ4v) is 1.90. The van der Waals surface area contributed by atoms with Gasteiger partial charge in [-0.2, -0.15) is 5.06 Å². The van der Waals surface area contributed by atoms with E-state index in [1.165, 1.54) is 0 Å². The molecule has 2 atom stereocenters. The molecule has 2 heterocycles. The maximum absolute atomic E-state index is 10.2. The Morgan fingerprint density at radius 2 is 1.82 bits per heavy atom. The monoisotopic (exact) mass is 246 g/mol. The maximum Gasteiger partial charge on any atom is 0.323 e. The number of rotatable bonds is 2. The van der Waals surface area contributed by atoms with E-state index in [2.05, 4.69) is 5.32 Å². The minimum Gasteiger partial charge on any atom is -0.480 e. The van der Waals surface area contributed by atoms with Gasteiger partial charge in [0.15, 0.2) is 0 Å². The average Bonchev–Trinajstić information content (AvgIpc) is 2.87. The van der Waals surface area contributed by atoms with Gasteiger partial charge in [-0.1, -0.05) is 0 Å². The van der Waals surface area contributed by atoms with Crippen LogP contribution in [0.4, 0.5) is 0 Å². The highest BCUT2D eigenvalue weighted by Crippen LogP contribution is 2.13. The van der Waals surface area contributed by atoms with E-state index in [0.717, 1.165) is 30.9 Å². The first-order valence-corrected chi connectivity index (χ1v) is 5.67. The zero-order valence-electron chi connectivity index (χ0n) is 9.50.